The van der Waals surface area contributed by atoms with Crippen molar-refractivity contribution < 1.29 is 13.9 Å². The number of rotatable bonds is 5. The molecular formula is C24H30FN3O2. The largest absolute Gasteiger partial charge is 0.443 e. The molecule has 0 aliphatic carbocycles. The van der Waals surface area contributed by atoms with E-state index in [-0.39, 0.29) is 12.4 Å². The van der Waals surface area contributed by atoms with Gasteiger partial charge in [0.05, 0.1) is 23.3 Å². The van der Waals surface area contributed by atoms with Gasteiger partial charge in [-0.3, -0.25) is 9.88 Å². The molecule has 5 nitrogen and oxygen atoms in total. The number of hydrogen-bond donors (Lipinski definition) is 0. The van der Waals surface area contributed by atoms with Gasteiger partial charge in [-0.25, -0.2) is 9.18 Å². The lowest BCUT2D eigenvalue weighted by Crippen LogP contribution is -2.36. The fourth-order valence-electron chi connectivity index (χ4n) is 3.58. The van der Waals surface area contributed by atoms with Crippen molar-refractivity contribution in [1.29, 1.82) is 0 Å². The van der Waals surface area contributed by atoms with Crippen LogP contribution in [0.15, 0.2) is 36.5 Å². The number of anilines is 1. The summed E-state index contributed by atoms with van der Waals surface area (Å²) >= 11 is 0. The highest BCUT2D eigenvalue weighted by molar-refractivity contribution is 6.00. The maximum absolute atomic E-state index is 13.4. The zero-order valence-electron chi connectivity index (χ0n) is 18.6. The average Bonchev–Trinajstić information content (AvgIpc) is 2.92. The number of amides is 1. The number of aromatic nitrogens is 2. The van der Waals surface area contributed by atoms with Crippen molar-refractivity contribution >= 4 is 22.8 Å². The number of aryl methyl sites for hydroxylation is 2. The van der Waals surface area contributed by atoms with E-state index in [1.807, 2.05) is 26.8 Å². The van der Waals surface area contributed by atoms with Crippen molar-refractivity contribution in [2.45, 2.75) is 66.7 Å². The third kappa shape index (κ3) is 4.48. The third-order valence-corrected chi connectivity index (χ3v) is 5.08. The highest BCUT2D eigenvalue weighted by Crippen LogP contribution is 2.33. The Hall–Kier alpha value is -2.89. The van der Waals surface area contributed by atoms with Gasteiger partial charge in [0.2, 0.25) is 0 Å². The molecule has 6 heteroatoms. The maximum atomic E-state index is 13.4. The second-order valence-corrected chi connectivity index (χ2v) is 8.58. The summed E-state index contributed by atoms with van der Waals surface area (Å²) in [6.07, 6.45) is 2.24. The van der Waals surface area contributed by atoms with E-state index in [4.69, 9.17) is 4.74 Å². The molecule has 30 heavy (non-hydrogen) atoms. The van der Waals surface area contributed by atoms with Crippen LogP contribution in [0.3, 0.4) is 0 Å². The Bertz CT molecular complexity index is 1050. The van der Waals surface area contributed by atoms with Crippen LogP contribution in [0.5, 0.6) is 0 Å². The van der Waals surface area contributed by atoms with Crippen molar-refractivity contribution in [2.75, 3.05) is 4.90 Å². The molecule has 1 amide bonds. The smallest absolute Gasteiger partial charge is 0.415 e. The molecular weight excluding hydrogens is 381 g/mol. The first-order valence-corrected chi connectivity index (χ1v) is 10.3. The first kappa shape index (κ1) is 21.8. The van der Waals surface area contributed by atoms with Crippen LogP contribution < -0.4 is 4.90 Å². The molecule has 1 aromatic carbocycles. The summed E-state index contributed by atoms with van der Waals surface area (Å²) in [5.41, 5.74) is 4.96. The Balaban J connectivity index is 2.17. The van der Waals surface area contributed by atoms with Gasteiger partial charge in [-0.05, 0) is 70.4 Å². The quantitative estimate of drug-likeness (QED) is 0.506. The molecule has 0 radical (unpaired) electrons. The Morgan fingerprint density at radius 3 is 2.43 bits per heavy atom. The monoisotopic (exact) mass is 411 g/mol. The average molecular weight is 412 g/mol. The molecule has 3 aromatic rings. The molecule has 0 unspecified atom stereocenters. The zero-order valence-corrected chi connectivity index (χ0v) is 18.6. The molecule has 0 fully saturated rings. The van der Waals surface area contributed by atoms with E-state index in [0.29, 0.717) is 0 Å². The lowest BCUT2D eigenvalue weighted by Gasteiger charge is -2.28. The van der Waals surface area contributed by atoms with Crippen molar-refractivity contribution in [3.63, 3.8) is 0 Å². The van der Waals surface area contributed by atoms with Gasteiger partial charge in [0.15, 0.2) is 0 Å². The summed E-state index contributed by atoms with van der Waals surface area (Å²) in [5, 5.41) is 0. The lowest BCUT2D eigenvalue weighted by molar-refractivity contribution is 0.0578. The van der Waals surface area contributed by atoms with Crippen molar-refractivity contribution in [3.05, 3.63) is 59.2 Å². The second kappa shape index (κ2) is 8.46. The minimum absolute atomic E-state index is 0.268. The fourth-order valence-corrected chi connectivity index (χ4v) is 3.58. The maximum Gasteiger partial charge on any atom is 0.415 e. The Kier molecular flexibility index (Phi) is 6.15. The number of nitrogens with zero attached hydrogens (tertiary/aromatic N) is 3. The molecule has 0 N–H and O–H groups in total. The van der Waals surface area contributed by atoms with E-state index < -0.39 is 11.7 Å². The van der Waals surface area contributed by atoms with Gasteiger partial charge in [-0.2, -0.15) is 0 Å². The van der Waals surface area contributed by atoms with Crippen LogP contribution in [-0.2, 0) is 17.8 Å². The first-order chi connectivity index (χ1) is 14.1. The molecule has 0 saturated carbocycles. The molecule has 0 spiro atoms. The van der Waals surface area contributed by atoms with Crippen LogP contribution in [0.25, 0.3) is 11.0 Å². The Labute approximate surface area is 177 Å². The predicted molar refractivity (Wildman–Crippen MR) is 118 cm³/mol. The van der Waals surface area contributed by atoms with Gasteiger partial charge in [-0.15, -0.1) is 0 Å². The zero-order chi connectivity index (χ0) is 22.1. The normalized spacial score (nSPS) is 11.7. The molecule has 0 aliphatic heterocycles. The molecule has 2 heterocycles. The Morgan fingerprint density at radius 2 is 1.83 bits per heavy atom. The molecule has 2 aromatic heterocycles. The molecule has 0 bridgehead atoms. The van der Waals surface area contributed by atoms with Crippen LogP contribution in [-0.4, -0.2) is 21.2 Å². The summed E-state index contributed by atoms with van der Waals surface area (Å²) in [4.78, 5) is 19.4. The Morgan fingerprint density at radius 1 is 1.17 bits per heavy atom. The summed E-state index contributed by atoms with van der Waals surface area (Å²) < 4.78 is 21.3. The summed E-state index contributed by atoms with van der Waals surface area (Å²) in [5.74, 6) is -0.308. The SMILES string of the molecule is CCCn1c(C)c(C)c2nccc(N(Cc3ccc(F)cc3)C(=O)OC(C)(C)C)c21. The summed E-state index contributed by atoms with van der Waals surface area (Å²) in [6, 6.07) is 8.03. The van der Waals surface area contributed by atoms with E-state index in [1.165, 1.54) is 12.1 Å². The van der Waals surface area contributed by atoms with E-state index in [0.717, 1.165) is 46.5 Å². The van der Waals surface area contributed by atoms with Crippen LogP contribution >= 0.6 is 0 Å². The van der Waals surface area contributed by atoms with Gasteiger partial charge in [-0.1, -0.05) is 19.1 Å². The fraction of sp³-hybridized carbons (Fsp3) is 0.417. The number of carbonyl (C=O) groups excluding carboxylic acids is 1. The minimum Gasteiger partial charge on any atom is -0.443 e. The van der Waals surface area contributed by atoms with E-state index >= 15 is 0 Å². The topological polar surface area (TPSA) is 47.4 Å². The molecule has 0 saturated heterocycles. The predicted octanol–water partition coefficient (Wildman–Crippen LogP) is 6.14. The molecule has 3 rings (SSSR count). The molecule has 160 valence electrons. The van der Waals surface area contributed by atoms with Crippen LogP contribution in [0.1, 0.15) is 50.9 Å². The van der Waals surface area contributed by atoms with Crippen LogP contribution in [0.2, 0.25) is 0 Å². The number of hydrogen-bond acceptors (Lipinski definition) is 3. The standard InChI is InChI=1S/C24H30FN3O2/c1-7-14-27-17(3)16(2)21-22(27)20(12-13-26-21)28(23(29)30-24(4,5)6)15-18-8-10-19(25)11-9-18/h8-13H,7,14-15H2,1-6H3. The minimum atomic E-state index is -0.637. The number of fused-ring (bicyclic) bond motifs is 1. The molecule has 0 aliphatic rings. The van der Waals surface area contributed by atoms with Gasteiger partial charge in [0.1, 0.15) is 11.4 Å². The van der Waals surface area contributed by atoms with Crippen molar-refractivity contribution in [3.8, 4) is 0 Å². The van der Waals surface area contributed by atoms with E-state index in [1.54, 1.807) is 23.2 Å². The third-order valence-electron chi connectivity index (χ3n) is 5.08. The van der Waals surface area contributed by atoms with Crippen LogP contribution in [0.4, 0.5) is 14.9 Å². The number of carbonyl (C=O) groups is 1. The van der Waals surface area contributed by atoms with Gasteiger partial charge in [0.25, 0.3) is 0 Å². The van der Waals surface area contributed by atoms with Gasteiger partial charge < -0.3 is 9.30 Å². The summed E-state index contributed by atoms with van der Waals surface area (Å²) in [7, 11) is 0. The second-order valence-electron chi connectivity index (χ2n) is 8.58. The van der Waals surface area contributed by atoms with Crippen molar-refractivity contribution in [1.82, 2.24) is 9.55 Å². The highest BCUT2D eigenvalue weighted by Gasteiger charge is 2.27. The lowest BCUT2D eigenvalue weighted by atomic mass is 10.1. The molecule has 0 atom stereocenters. The number of benzene rings is 1. The van der Waals surface area contributed by atoms with Gasteiger partial charge >= 0.3 is 6.09 Å². The van der Waals surface area contributed by atoms with Crippen LogP contribution in [0, 0.1) is 19.7 Å². The number of ether oxygens (including phenoxy) is 1. The number of pyridine rings is 1. The summed E-state index contributed by atoms with van der Waals surface area (Å²) in [6.45, 7) is 12.9. The van der Waals surface area contributed by atoms with E-state index in [2.05, 4.69) is 30.3 Å². The number of halogens is 1. The van der Waals surface area contributed by atoms with E-state index in [9.17, 15) is 9.18 Å². The highest BCUT2D eigenvalue weighted by atomic mass is 19.1. The van der Waals surface area contributed by atoms with Crippen molar-refractivity contribution in [2.24, 2.45) is 0 Å². The van der Waals surface area contributed by atoms with Gasteiger partial charge in [0, 0.05) is 18.4 Å². The first-order valence-electron chi connectivity index (χ1n) is 10.3.